The first-order valence-electron chi connectivity index (χ1n) is 8.93. The lowest BCUT2D eigenvalue weighted by Crippen LogP contribution is -2.47. The Balaban J connectivity index is 1.39. The van der Waals surface area contributed by atoms with Gasteiger partial charge in [0.1, 0.15) is 6.04 Å². The summed E-state index contributed by atoms with van der Waals surface area (Å²) in [4.78, 5) is 42.1. The van der Waals surface area contributed by atoms with E-state index in [1.165, 1.54) is 0 Å². The molecule has 27 heavy (non-hydrogen) atoms. The van der Waals surface area contributed by atoms with Gasteiger partial charge in [0.15, 0.2) is 5.69 Å². The monoisotopic (exact) mass is 368 g/mol. The van der Waals surface area contributed by atoms with Gasteiger partial charge in [0.2, 0.25) is 11.8 Å². The molecule has 4 heterocycles. The highest BCUT2D eigenvalue weighted by molar-refractivity contribution is 5.92. The average Bonchev–Trinajstić information content (AvgIpc) is 3.32. The molecule has 9 heteroatoms. The number of amides is 3. The number of nitrogens with zero attached hydrogens (tertiary/aromatic N) is 4. The molecule has 1 fully saturated rings. The molecule has 9 nitrogen and oxygen atoms in total. The van der Waals surface area contributed by atoms with Crippen LogP contribution in [0.2, 0.25) is 0 Å². The maximum atomic E-state index is 12.6. The van der Waals surface area contributed by atoms with Crippen molar-refractivity contribution in [3.8, 4) is 0 Å². The van der Waals surface area contributed by atoms with E-state index in [-0.39, 0.29) is 17.7 Å². The first-order chi connectivity index (χ1) is 13.1. The third-order valence-corrected chi connectivity index (χ3v) is 4.79. The smallest absolute Gasteiger partial charge is 0.272 e. The molecule has 0 aromatic carbocycles. The van der Waals surface area contributed by atoms with E-state index in [2.05, 4.69) is 20.7 Å². The van der Waals surface area contributed by atoms with E-state index in [9.17, 15) is 14.4 Å². The second-order valence-electron chi connectivity index (χ2n) is 6.67. The van der Waals surface area contributed by atoms with Gasteiger partial charge in [-0.25, -0.2) is 0 Å². The summed E-state index contributed by atoms with van der Waals surface area (Å²) in [5.74, 6) is -0.430. The van der Waals surface area contributed by atoms with Crippen LogP contribution in [0.25, 0.3) is 0 Å². The van der Waals surface area contributed by atoms with E-state index in [1.807, 2.05) is 18.2 Å². The highest BCUT2D eigenvalue weighted by atomic mass is 16.2. The molecule has 4 rings (SSSR count). The van der Waals surface area contributed by atoms with Crippen molar-refractivity contribution in [1.82, 2.24) is 30.3 Å². The summed E-state index contributed by atoms with van der Waals surface area (Å²) in [7, 11) is 0. The van der Waals surface area contributed by atoms with Crippen LogP contribution in [0.5, 0.6) is 0 Å². The van der Waals surface area contributed by atoms with E-state index in [0.29, 0.717) is 44.7 Å². The van der Waals surface area contributed by atoms with Crippen molar-refractivity contribution < 1.29 is 14.4 Å². The fraction of sp³-hybridized carbons (Fsp3) is 0.389. The Labute approximate surface area is 155 Å². The average molecular weight is 368 g/mol. The Hall–Kier alpha value is -3.23. The number of hydrogen-bond donors (Lipinski definition) is 2. The highest BCUT2D eigenvalue weighted by Crippen LogP contribution is 2.17. The Bertz CT molecular complexity index is 878. The van der Waals surface area contributed by atoms with Gasteiger partial charge >= 0.3 is 0 Å². The quantitative estimate of drug-likeness (QED) is 0.779. The number of rotatable bonds is 4. The molecule has 3 amide bonds. The first kappa shape index (κ1) is 17.2. The van der Waals surface area contributed by atoms with Crippen molar-refractivity contribution >= 4 is 17.7 Å². The molecule has 140 valence electrons. The second-order valence-corrected chi connectivity index (χ2v) is 6.67. The summed E-state index contributed by atoms with van der Waals surface area (Å²) in [6.07, 6.45) is 2.60. The summed E-state index contributed by atoms with van der Waals surface area (Å²) in [6.45, 7) is 1.74. The van der Waals surface area contributed by atoms with Crippen molar-refractivity contribution in [3.63, 3.8) is 0 Å². The van der Waals surface area contributed by atoms with Crippen LogP contribution in [-0.2, 0) is 29.2 Å². The van der Waals surface area contributed by atoms with Crippen molar-refractivity contribution in [2.75, 3.05) is 6.54 Å². The molecule has 0 saturated carbocycles. The Morgan fingerprint density at radius 1 is 1.30 bits per heavy atom. The third-order valence-electron chi connectivity index (χ3n) is 4.79. The summed E-state index contributed by atoms with van der Waals surface area (Å²) < 4.78 is 1.76. The summed E-state index contributed by atoms with van der Waals surface area (Å²) >= 11 is 0. The molecule has 0 spiro atoms. The Morgan fingerprint density at radius 2 is 2.19 bits per heavy atom. The zero-order valence-electron chi connectivity index (χ0n) is 14.7. The molecule has 2 N–H and O–H groups in total. The summed E-state index contributed by atoms with van der Waals surface area (Å²) in [5, 5.41) is 9.85. The first-order valence-corrected chi connectivity index (χ1v) is 8.93. The predicted octanol–water partition coefficient (Wildman–Crippen LogP) is -0.171. The van der Waals surface area contributed by atoms with E-state index < -0.39 is 6.04 Å². The van der Waals surface area contributed by atoms with Crippen LogP contribution in [0.1, 0.15) is 34.7 Å². The molecule has 1 atom stereocenters. The lowest BCUT2D eigenvalue weighted by molar-refractivity contribution is -0.135. The van der Waals surface area contributed by atoms with Gasteiger partial charge in [-0.15, -0.1) is 0 Å². The zero-order valence-corrected chi connectivity index (χ0v) is 14.7. The van der Waals surface area contributed by atoms with Crippen LogP contribution in [0, 0.1) is 0 Å². The molecule has 1 saturated heterocycles. The van der Waals surface area contributed by atoms with Gasteiger partial charge < -0.3 is 15.5 Å². The fourth-order valence-electron chi connectivity index (χ4n) is 3.35. The maximum absolute atomic E-state index is 12.6. The zero-order chi connectivity index (χ0) is 18.8. The van der Waals surface area contributed by atoms with Gasteiger partial charge in [-0.2, -0.15) is 5.10 Å². The van der Waals surface area contributed by atoms with Crippen molar-refractivity contribution in [3.05, 3.63) is 47.5 Å². The van der Waals surface area contributed by atoms with E-state index in [4.69, 9.17) is 0 Å². The number of aromatic nitrogens is 3. The summed E-state index contributed by atoms with van der Waals surface area (Å²) in [6, 6.07) is 6.79. The standard InChI is InChI=1S/C18H20N6O3/c25-16-5-4-14(21-16)18(27)23-7-8-24-13(11-23)9-15(22-24)17(26)20-10-12-3-1-2-6-19-12/h1-3,6,9,14H,4-5,7-8,10-11H2,(H,20,26)(H,21,25)/t14-/m1/s1. The molecular weight excluding hydrogens is 348 g/mol. The molecule has 2 aliphatic heterocycles. The van der Waals surface area contributed by atoms with E-state index in [1.54, 1.807) is 21.8 Å². The van der Waals surface area contributed by atoms with Gasteiger partial charge in [0.25, 0.3) is 5.91 Å². The number of carbonyl (C=O) groups excluding carboxylic acids is 3. The summed E-state index contributed by atoms with van der Waals surface area (Å²) in [5.41, 5.74) is 1.90. The maximum Gasteiger partial charge on any atom is 0.272 e. The van der Waals surface area contributed by atoms with Crippen LogP contribution in [0.3, 0.4) is 0 Å². The number of nitrogens with one attached hydrogen (secondary N) is 2. The van der Waals surface area contributed by atoms with Crippen LogP contribution in [0.4, 0.5) is 0 Å². The SMILES string of the molecule is O=C1CC[C@H](C(=O)N2CCn3nc(C(=O)NCc4ccccn4)cc3C2)N1. The second kappa shape index (κ2) is 7.18. The minimum atomic E-state index is -0.437. The predicted molar refractivity (Wildman–Crippen MR) is 94.2 cm³/mol. The largest absolute Gasteiger partial charge is 0.345 e. The van der Waals surface area contributed by atoms with E-state index >= 15 is 0 Å². The van der Waals surface area contributed by atoms with Crippen molar-refractivity contribution in [2.45, 2.75) is 38.5 Å². The van der Waals surface area contributed by atoms with Crippen LogP contribution in [-0.4, -0.2) is 50.0 Å². The van der Waals surface area contributed by atoms with Gasteiger partial charge in [-0.05, 0) is 24.6 Å². The van der Waals surface area contributed by atoms with Crippen molar-refractivity contribution in [2.24, 2.45) is 0 Å². The molecule has 2 aromatic rings. The van der Waals surface area contributed by atoms with Crippen LogP contribution >= 0.6 is 0 Å². The third kappa shape index (κ3) is 3.67. The molecular formula is C18H20N6O3. The molecule has 0 bridgehead atoms. The molecule has 2 aliphatic rings. The molecule has 2 aromatic heterocycles. The van der Waals surface area contributed by atoms with Crippen LogP contribution < -0.4 is 10.6 Å². The molecule has 0 unspecified atom stereocenters. The molecule has 0 radical (unpaired) electrons. The number of fused-ring (bicyclic) bond motifs is 1. The van der Waals surface area contributed by atoms with Gasteiger partial charge in [-0.3, -0.25) is 24.0 Å². The Kier molecular flexibility index (Phi) is 4.57. The molecule has 0 aliphatic carbocycles. The fourth-order valence-corrected chi connectivity index (χ4v) is 3.35. The highest BCUT2D eigenvalue weighted by Gasteiger charge is 2.32. The number of pyridine rings is 1. The lowest BCUT2D eigenvalue weighted by Gasteiger charge is -2.29. The number of carbonyl (C=O) groups is 3. The topological polar surface area (TPSA) is 109 Å². The van der Waals surface area contributed by atoms with Gasteiger partial charge in [0.05, 0.1) is 31.0 Å². The van der Waals surface area contributed by atoms with Crippen LogP contribution in [0.15, 0.2) is 30.5 Å². The lowest BCUT2D eigenvalue weighted by atomic mass is 10.2. The van der Waals surface area contributed by atoms with Gasteiger partial charge in [0, 0.05) is 19.2 Å². The minimum Gasteiger partial charge on any atom is -0.345 e. The Morgan fingerprint density at radius 3 is 2.93 bits per heavy atom. The normalized spacial score (nSPS) is 18.7. The van der Waals surface area contributed by atoms with E-state index in [0.717, 1.165) is 11.4 Å². The minimum absolute atomic E-state index is 0.0746. The number of hydrogen-bond acceptors (Lipinski definition) is 5. The van der Waals surface area contributed by atoms with Crippen molar-refractivity contribution in [1.29, 1.82) is 0 Å². The van der Waals surface area contributed by atoms with Gasteiger partial charge in [-0.1, -0.05) is 6.07 Å².